The molecule has 0 saturated carbocycles. The van der Waals surface area contributed by atoms with Gasteiger partial charge in [0.05, 0.1) is 5.54 Å². The van der Waals surface area contributed by atoms with Crippen molar-refractivity contribution in [3.63, 3.8) is 0 Å². The van der Waals surface area contributed by atoms with Crippen LogP contribution in [0.4, 0.5) is 5.69 Å². The molecule has 0 spiro atoms. The first-order valence-electron chi connectivity index (χ1n) is 4.75. The van der Waals surface area contributed by atoms with Gasteiger partial charge < -0.3 is 11.1 Å². The van der Waals surface area contributed by atoms with Crippen molar-refractivity contribution in [2.45, 2.75) is 26.3 Å². The number of hydrogen-bond donors (Lipinski definition) is 2. The number of anilines is 1. The Morgan fingerprint density at radius 2 is 2.07 bits per heavy atom. The number of halogens is 1. The summed E-state index contributed by atoms with van der Waals surface area (Å²) in [6.07, 6.45) is 0. The standard InChI is InChI=1S/C11H16ClN3/c1-11(2,3)15-10(13)14-9-6-4-5-8(12)7-9/h4-7H,1-3H3,(H3,13,14,15). The molecule has 15 heavy (non-hydrogen) atoms. The minimum Gasteiger partial charge on any atom is -0.370 e. The van der Waals surface area contributed by atoms with Gasteiger partial charge in [-0.1, -0.05) is 17.7 Å². The van der Waals surface area contributed by atoms with E-state index in [1.165, 1.54) is 0 Å². The Balaban J connectivity index is 2.75. The number of guanidine groups is 1. The normalized spacial score (nSPS) is 12.7. The van der Waals surface area contributed by atoms with Crippen LogP contribution in [0.1, 0.15) is 20.8 Å². The van der Waals surface area contributed by atoms with Gasteiger partial charge in [-0.05, 0) is 39.0 Å². The lowest BCUT2D eigenvalue weighted by molar-refractivity contribution is 0.583. The quantitative estimate of drug-likeness (QED) is 0.571. The van der Waals surface area contributed by atoms with E-state index >= 15 is 0 Å². The summed E-state index contributed by atoms with van der Waals surface area (Å²) < 4.78 is 0. The van der Waals surface area contributed by atoms with Crippen molar-refractivity contribution in [1.29, 1.82) is 0 Å². The molecule has 0 unspecified atom stereocenters. The van der Waals surface area contributed by atoms with Crippen molar-refractivity contribution in [2.75, 3.05) is 5.32 Å². The molecule has 82 valence electrons. The van der Waals surface area contributed by atoms with Gasteiger partial charge in [0.1, 0.15) is 0 Å². The number of hydrogen-bond acceptors (Lipinski definition) is 1. The van der Waals surface area contributed by atoms with Crippen molar-refractivity contribution in [3.8, 4) is 0 Å². The highest BCUT2D eigenvalue weighted by Crippen LogP contribution is 2.15. The molecule has 0 saturated heterocycles. The summed E-state index contributed by atoms with van der Waals surface area (Å²) in [6, 6.07) is 7.35. The third kappa shape index (κ3) is 4.70. The molecule has 4 heteroatoms. The van der Waals surface area contributed by atoms with Crippen LogP contribution in [0.3, 0.4) is 0 Å². The number of nitrogens with two attached hydrogens (primary N) is 1. The predicted molar refractivity (Wildman–Crippen MR) is 66.5 cm³/mol. The van der Waals surface area contributed by atoms with E-state index in [4.69, 9.17) is 17.3 Å². The molecule has 0 atom stereocenters. The number of aliphatic imine (C=N–C) groups is 1. The average Bonchev–Trinajstić information content (AvgIpc) is 1.99. The Bertz CT molecular complexity index is 366. The first kappa shape index (κ1) is 11.9. The summed E-state index contributed by atoms with van der Waals surface area (Å²) in [5, 5.41) is 3.65. The van der Waals surface area contributed by atoms with E-state index in [0.717, 1.165) is 5.69 Å². The summed E-state index contributed by atoms with van der Waals surface area (Å²) >= 11 is 5.84. The second kappa shape index (κ2) is 4.53. The lowest BCUT2D eigenvalue weighted by Gasteiger charge is -2.14. The first-order valence-corrected chi connectivity index (χ1v) is 5.12. The van der Waals surface area contributed by atoms with Crippen molar-refractivity contribution < 1.29 is 0 Å². The minimum absolute atomic E-state index is 0.185. The van der Waals surface area contributed by atoms with Gasteiger partial charge in [-0.25, -0.2) is 4.99 Å². The highest BCUT2D eigenvalue weighted by Gasteiger charge is 2.07. The lowest BCUT2D eigenvalue weighted by Crippen LogP contribution is -2.27. The molecule has 3 N–H and O–H groups in total. The number of benzene rings is 1. The van der Waals surface area contributed by atoms with E-state index in [2.05, 4.69) is 10.3 Å². The fourth-order valence-corrected chi connectivity index (χ4v) is 1.29. The maximum atomic E-state index is 5.84. The second-order valence-electron chi connectivity index (χ2n) is 4.30. The second-order valence-corrected chi connectivity index (χ2v) is 4.74. The van der Waals surface area contributed by atoms with E-state index in [1.54, 1.807) is 6.07 Å². The van der Waals surface area contributed by atoms with Gasteiger partial charge in [-0.2, -0.15) is 0 Å². The molecule has 3 nitrogen and oxygen atoms in total. The van der Waals surface area contributed by atoms with Gasteiger partial charge in [0.15, 0.2) is 5.96 Å². The molecular formula is C11H16ClN3. The third-order valence-corrected chi connectivity index (χ3v) is 1.79. The smallest absolute Gasteiger partial charge is 0.193 e. The van der Waals surface area contributed by atoms with Gasteiger partial charge in [-0.3, -0.25) is 0 Å². The van der Waals surface area contributed by atoms with Gasteiger partial charge in [-0.15, -0.1) is 0 Å². The molecule has 0 bridgehead atoms. The fraction of sp³-hybridized carbons (Fsp3) is 0.364. The molecule has 1 aromatic rings. The van der Waals surface area contributed by atoms with E-state index in [1.807, 2.05) is 39.0 Å². The van der Waals surface area contributed by atoms with Crippen molar-refractivity contribution in [2.24, 2.45) is 10.7 Å². The Hall–Kier alpha value is -1.22. The van der Waals surface area contributed by atoms with Crippen LogP contribution < -0.4 is 11.1 Å². The zero-order valence-electron chi connectivity index (χ0n) is 9.21. The zero-order chi connectivity index (χ0) is 11.5. The van der Waals surface area contributed by atoms with E-state index < -0.39 is 0 Å². The molecule has 0 aliphatic heterocycles. The molecule has 0 aromatic heterocycles. The van der Waals surface area contributed by atoms with Crippen LogP contribution in [0.25, 0.3) is 0 Å². The Kier molecular flexibility index (Phi) is 3.58. The third-order valence-electron chi connectivity index (χ3n) is 1.55. The number of rotatable bonds is 1. The summed E-state index contributed by atoms with van der Waals surface area (Å²) in [4.78, 5) is 4.27. The number of nitrogens with one attached hydrogen (secondary N) is 1. The van der Waals surface area contributed by atoms with Gasteiger partial charge >= 0.3 is 0 Å². The average molecular weight is 226 g/mol. The van der Waals surface area contributed by atoms with Crippen LogP contribution >= 0.6 is 11.6 Å². The maximum absolute atomic E-state index is 5.84. The summed E-state index contributed by atoms with van der Waals surface area (Å²) in [7, 11) is 0. The Morgan fingerprint density at radius 3 is 2.60 bits per heavy atom. The molecule has 1 aromatic carbocycles. The lowest BCUT2D eigenvalue weighted by atomic mass is 10.1. The van der Waals surface area contributed by atoms with Gasteiger partial charge in [0, 0.05) is 10.7 Å². The van der Waals surface area contributed by atoms with Crippen LogP contribution in [0.15, 0.2) is 29.3 Å². The van der Waals surface area contributed by atoms with Crippen LogP contribution in [0.5, 0.6) is 0 Å². The molecule has 0 heterocycles. The molecule has 0 fully saturated rings. The van der Waals surface area contributed by atoms with Crippen molar-refractivity contribution >= 4 is 23.2 Å². The van der Waals surface area contributed by atoms with Gasteiger partial charge in [0.25, 0.3) is 0 Å². The van der Waals surface area contributed by atoms with Crippen LogP contribution in [0.2, 0.25) is 5.02 Å². The van der Waals surface area contributed by atoms with E-state index in [-0.39, 0.29) is 5.54 Å². The highest BCUT2D eigenvalue weighted by atomic mass is 35.5. The molecular weight excluding hydrogens is 210 g/mol. The van der Waals surface area contributed by atoms with Crippen LogP contribution in [-0.4, -0.2) is 11.5 Å². The molecule has 0 radical (unpaired) electrons. The highest BCUT2D eigenvalue weighted by molar-refractivity contribution is 6.30. The molecule has 0 aliphatic carbocycles. The minimum atomic E-state index is -0.185. The predicted octanol–water partition coefficient (Wildman–Crippen LogP) is 2.87. The molecule has 1 rings (SSSR count). The fourth-order valence-electron chi connectivity index (χ4n) is 1.10. The zero-order valence-corrected chi connectivity index (χ0v) is 9.97. The Labute approximate surface area is 95.3 Å². The topological polar surface area (TPSA) is 50.4 Å². The summed E-state index contributed by atoms with van der Waals surface area (Å²) in [5.41, 5.74) is 6.39. The van der Waals surface area contributed by atoms with Crippen LogP contribution in [-0.2, 0) is 0 Å². The Morgan fingerprint density at radius 1 is 1.40 bits per heavy atom. The van der Waals surface area contributed by atoms with E-state index in [0.29, 0.717) is 11.0 Å². The largest absolute Gasteiger partial charge is 0.370 e. The summed E-state index contributed by atoms with van der Waals surface area (Å²) in [6.45, 7) is 5.96. The summed E-state index contributed by atoms with van der Waals surface area (Å²) in [5.74, 6) is 0.393. The van der Waals surface area contributed by atoms with Crippen LogP contribution in [0, 0.1) is 0 Å². The van der Waals surface area contributed by atoms with Crippen molar-refractivity contribution in [3.05, 3.63) is 29.3 Å². The van der Waals surface area contributed by atoms with Gasteiger partial charge in [0.2, 0.25) is 0 Å². The first-order chi connectivity index (χ1) is 6.87. The monoisotopic (exact) mass is 225 g/mol. The SMILES string of the molecule is CC(C)(C)N=C(N)Nc1cccc(Cl)c1. The maximum Gasteiger partial charge on any atom is 0.193 e. The van der Waals surface area contributed by atoms with Crippen molar-refractivity contribution in [1.82, 2.24) is 0 Å². The number of nitrogens with zero attached hydrogens (tertiary/aromatic N) is 1. The molecule has 0 aliphatic rings. The molecule has 0 amide bonds. The van der Waals surface area contributed by atoms with E-state index in [9.17, 15) is 0 Å².